The van der Waals surface area contributed by atoms with Crippen molar-refractivity contribution in [3.8, 4) is 0 Å². The van der Waals surface area contributed by atoms with Crippen molar-refractivity contribution >= 4 is 11.9 Å². The van der Waals surface area contributed by atoms with Crippen LogP contribution in [0.25, 0.3) is 0 Å². The molecule has 28 heavy (non-hydrogen) atoms. The Labute approximate surface area is 163 Å². The van der Waals surface area contributed by atoms with Crippen LogP contribution in [-0.2, 0) is 22.7 Å². The second kappa shape index (κ2) is 8.99. The monoisotopic (exact) mass is 378 g/mol. The molecule has 0 aliphatic carbocycles. The van der Waals surface area contributed by atoms with E-state index >= 15 is 0 Å². The molecular weight excluding hydrogens is 356 g/mol. The second-order valence-corrected chi connectivity index (χ2v) is 6.58. The molecule has 3 rings (SSSR count). The zero-order valence-electron chi connectivity index (χ0n) is 15.9. The summed E-state index contributed by atoms with van der Waals surface area (Å²) in [6.07, 6.45) is 0. The summed E-state index contributed by atoms with van der Waals surface area (Å²) in [6, 6.07) is 20.1. The third-order valence-electron chi connectivity index (χ3n) is 4.07. The largest absolute Gasteiger partial charge is 0.456 e. The molecule has 144 valence electrons. The molecule has 1 heterocycles. The standard InChI is InChI=1S/C22H22N2O4/c1-16(2)24-20(22(26)28-15-18-11-7-4-8-12-18)13-19(23-24)21(25)27-14-17-9-5-3-6-10-17/h3-13,16H,14-15H2,1-2H3. The lowest BCUT2D eigenvalue weighted by Crippen LogP contribution is -2.15. The Balaban J connectivity index is 1.70. The normalized spacial score (nSPS) is 10.7. The smallest absolute Gasteiger partial charge is 0.359 e. The number of hydrogen-bond acceptors (Lipinski definition) is 5. The van der Waals surface area contributed by atoms with Crippen molar-refractivity contribution in [2.45, 2.75) is 33.1 Å². The molecule has 2 aromatic carbocycles. The fraction of sp³-hybridized carbons (Fsp3) is 0.227. The van der Waals surface area contributed by atoms with Gasteiger partial charge in [-0.05, 0) is 25.0 Å². The van der Waals surface area contributed by atoms with Crippen LogP contribution in [0, 0.1) is 0 Å². The van der Waals surface area contributed by atoms with Crippen molar-refractivity contribution in [3.05, 3.63) is 89.2 Å². The number of carbonyl (C=O) groups is 2. The van der Waals surface area contributed by atoms with Crippen LogP contribution in [0.3, 0.4) is 0 Å². The molecule has 0 N–H and O–H groups in total. The highest BCUT2D eigenvalue weighted by atomic mass is 16.5. The highest BCUT2D eigenvalue weighted by Crippen LogP contribution is 2.15. The summed E-state index contributed by atoms with van der Waals surface area (Å²) < 4.78 is 12.2. The molecule has 0 amide bonds. The summed E-state index contributed by atoms with van der Waals surface area (Å²) in [4.78, 5) is 24.9. The summed E-state index contributed by atoms with van der Waals surface area (Å²) in [5, 5.41) is 4.24. The number of benzene rings is 2. The first-order valence-corrected chi connectivity index (χ1v) is 9.06. The van der Waals surface area contributed by atoms with E-state index in [1.54, 1.807) is 0 Å². The van der Waals surface area contributed by atoms with Crippen LogP contribution < -0.4 is 0 Å². The molecule has 0 spiro atoms. The van der Waals surface area contributed by atoms with Crippen molar-refractivity contribution < 1.29 is 19.1 Å². The number of aromatic nitrogens is 2. The van der Waals surface area contributed by atoms with E-state index in [0.717, 1.165) is 11.1 Å². The lowest BCUT2D eigenvalue weighted by molar-refractivity contribution is 0.0451. The molecule has 0 unspecified atom stereocenters. The van der Waals surface area contributed by atoms with Gasteiger partial charge in [-0.3, -0.25) is 4.68 Å². The fourth-order valence-corrected chi connectivity index (χ4v) is 2.63. The van der Waals surface area contributed by atoms with Gasteiger partial charge in [-0.25, -0.2) is 9.59 Å². The number of hydrogen-bond donors (Lipinski definition) is 0. The van der Waals surface area contributed by atoms with Gasteiger partial charge in [0.2, 0.25) is 0 Å². The summed E-state index contributed by atoms with van der Waals surface area (Å²) in [7, 11) is 0. The lowest BCUT2D eigenvalue weighted by Gasteiger charge is -2.10. The highest BCUT2D eigenvalue weighted by molar-refractivity contribution is 5.93. The van der Waals surface area contributed by atoms with Crippen LogP contribution in [0.1, 0.15) is 52.0 Å². The van der Waals surface area contributed by atoms with E-state index in [0.29, 0.717) is 0 Å². The van der Waals surface area contributed by atoms with Crippen LogP contribution in [0.5, 0.6) is 0 Å². The van der Waals surface area contributed by atoms with Crippen molar-refractivity contribution in [2.24, 2.45) is 0 Å². The van der Waals surface area contributed by atoms with Gasteiger partial charge in [0.05, 0.1) is 0 Å². The Morgan fingerprint density at radius 1 is 0.857 bits per heavy atom. The van der Waals surface area contributed by atoms with E-state index in [4.69, 9.17) is 9.47 Å². The Morgan fingerprint density at radius 2 is 1.36 bits per heavy atom. The van der Waals surface area contributed by atoms with E-state index in [1.165, 1.54) is 10.7 Å². The van der Waals surface area contributed by atoms with Crippen molar-refractivity contribution in [1.82, 2.24) is 9.78 Å². The number of esters is 2. The minimum absolute atomic E-state index is 0.0799. The van der Waals surface area contributed by atoms with E-state index in [-0.39, 0.29) is 30.6 Å². The Morgan fingerprint density at radius 3 is 1.86 bits per heavy atom. The topological polar surface area (TPSA) is 70.4 Å². The second-order valence-electron chi connectivity index (χ2n) is 6.58. The molecule has 0 radical (unpaired) electrons. The first-order chi connectivity index (χ1) is 13.5. The molecule has 3 aromatic rings. The minimum atomic E-state index is -0.583. The molecule has 0 bridgehead atoms. The molecule has 0 aliphatic heterocycles. The van der Waals surface area contributed by atoms with Crippen molar-refractivity contribution in [2.75, 3.05) is 0 Å². The number of carbonyl (C=O) groups excluding carboxylic acids is 2. The molecule has 0 fully saturated rings. The van der Waals surface area contributed by atoms with E-state index in [1.807, 2.05) is 74.5 Å². The highest BCUT2D eigenvalue weighted by Gasteiger charge is 2.22. The van der Waals surface area contributed by atoms with E-state index in [2.05, 4.69) is 5.10 Å². The Hall–Kier alpha value is -3.41. The third-order valence-corrected chi connectivity index (χ3v) is 4.07. The van der Waals surface area contributed by atoms with Crippen LogP contribution in [-0.4, -0.2) is 21.7 Å². The summed E-state index contributed by atoms with van der Waals surface area (Å²) in [5.74, 6) is -1.12. The maximum atomic E-state index is 12.5. The maximum absolute atomic E-state index is 12.5. The van der Waals surface area contributed by atoms with Gasteiger partial charge in [-0.1, -0.05) is 60.7 Å². The van der Waals surface area contributed by atoms with Crippen LogP contribution in [0.15, 0.2) is 66.7 Å². The van der Waals surface area contributed by atoms with Gasteiger partial charge >= 0.3 is 11.9 Å². The quantitative estimate of drug-likeness (QED) is 0.577. The van der Waals surface area contributed by atoms with Crippen molar-refractivity contribution in [3.63, 3.8) is 0 Å². The zero-order valence-corrected chi connectivity index (χ0v) is 15.9. The maximum Gasteiger partial charge on any atom is 0.359 e. The predicted octanol–water partition coefficient (Wildman–Crippen LogP) is 4.18. The summed E-state index contributed by atoms with van der Waals surface area (Å²) in [5.41, 5.74) is 2.06. The molecule has 6 heteroatoms. The molecular formula is C22H22N2O4. The van der Waals surface area contributed by atoms with Gasteiger partial charge in [-0.15, -0.1) is 0 Å². The lowest BCUT2D eigenvalue weighted by atomic mass is 10.2. The minimum Gasteiger partial charge on any atom is -0.456 e. The van der Waals surface area contributed by atoms with E-state index in [9.17, 15) is 9.59 Å². The predicted molar refractivity (Wildman–Crippen MR) is 104 cm³/mol. The summed E-state index contributed by atoms with van der Waals surface area (Å²) >= 11 is 0. The third kappa shape index (κ3) is 4.85. The van der Waals surface area contributed by atoms with Crippen LogP contribution in [0.2, 0.25) is 0 Å². The number of rotatable bonds is 7. The van der Waals surface area contributed by atoms with Crippen LogP contribution in [0.4, 0.5) is 0 Å². The van der Waals surface area contributed by atoms with Crippen LogP contribution >= 0.6 is 0 Å². The number of nitrogens with zero attached hydrogens (tertiary/aromatic N) is 2. The van der Waals surface area contributed by atoms with Gasteiger partial charge in [0.25, 0.3) is 0 Å². The SMILES string of the molecule is CC(C)n1nc(C(=O)OCc2ccccc2)cc1C(=O)OCc1ccccc1. The summed E-state index contributed by atoms with van der Waals surface area (Å²) in [6.45, 7) is 4.04. The molecule has 0 saturated heterocycles. The molecule has 0 atom stereocenters. The van der Waals surface area contributed by atoms with Gasteiger partial charge in [0.15, 0.2) is 5.69 Å². The zero-order chi connectivity index (χ0) is 19.9. The van der Waals surface area contributed by atoms with Gasteiger partial charge in [0.1, 0.15) is 18.9 Å². The van der Waals surface area contributed by atoms with Gasteiger partial charge in [0, 0.05) is 12.1 Å². The molecule has 0 saturated carbocycles. The number of ether oxygens (including phenoxy) is 2. The Kier molecular flexibility index (Phi) is 6.22. The van der Waals surface area contributed by atoms with Crippen molar-refractivity contribution in [1.29, 1.82) is 0 Å². The van der Waals surface area contributed by atoms with E-state index < -0.39 is 11.9 Å². The molecule has 0 aliphatic rings. The average molecular weight is 378 g/mol. The fourth-order valence-electron chi connectivity index (χ4n) is 2.63. The first kappa shape index (κ1) is 19.4. The molecule has 1 aromatic heterocycles. The average Bonchev–Trinajstić information content (AvgIpc) is 3.18. The van der Waals surface area contributed by atoms with Gasteiger partial charge < -0.3 is 9.47 Å². The molecule has 6 nitrogen and oxygen atoms in total. The Bertz CT molecular complexity index is 934. The first-order valence-electron chi connectivity index (χ1n) is 9.06. The van der Waals surface area contributed by atoms with Gasteiger partial charge in [-0.2, -0.15) is 5.10 Å².